The van der Waals surface area contributed by atoms with E-state index in [-0.39, 0.29) is 0 Å². The summed E-state index contributed by atoms with van der Waals surface area (Å²) >= 11 is 0. The second kappa shape index (κ2) is 4.64. The minimum Gasteiger partial charge on any atom is -0.348 e. The van der Waals surface area contributed by atoms with Crippen LogP contribution in [0, 0.1) is 13.8 Å². The summed E-state index contributed by atoms with van der Waals surface area (Å²) in [5.74, 6) is 0.965. The van der Waals surface area contributed by atoms with E-state index in [1.165, 1.54) is 17.7 Å². The highest BCUT2D eigenvalue weighted by atomic mass is 15.3. The molecule has 0 bridgehead atoms. The molecule has 3 heterocycles. The van der Waals surface area contributed by atoms with E-state index in [0.29, 0.717) is 6.04 Å². The van der Waals surface area contributed by atoms with Crippen LogP contribution < -0.4 is 4.90 Å². The van der Waals surface area contributed by atoms with Gasteiger partial charge in [0.2, 0.25) is 0 Å². The first-order chi connectivity index (χ1) is 9.18. The number of rotatable bonds is 2. The van der Waals surface area contributed by atoms with E-state index in [9.17, 15) is 0 Å². The molecule has 1 atom stereocenters. The quantitative estimate of drug-likeness (QED) is 0.827. The lowest BCUT2D eigenvalue weighted by molar-refractivity contribution is 0.692. The lowest BCUT2D eigenvalue weighted by atomic mass is 10.0. The number of aromatic nitrogens is 4. The highest BCUT2D eigenvalue weighted by Gasteiger charge is 2.31. The molecule has 0 saturated carbocycles. The Morgan fingerprint density at radius 2 is 2.11 bits per heavy atom. The lowest BCUT2D eigenvalue weighted by Crippen LogP contribution is -2.24. The number of nitrogens with zero attached hydrogens (tertiary/aromatic N) is 5. The van der Waals surface area contributed by atoms with Gasteiger partial charge in [-0.25, -0.2) is 4.98 Å². The molecule has 1 fully saturated rings. The highest BCUT2D eigenvalue weighted by molar-refractivity contribution is 5.44. The van der Waals surface area contributed by atoms with E-state index >= 15 is 0 Å². The van der Waals surface area contributed by atoms with Crippen molar-refractivity contribution >= 4 is 5.82 Å². The summed E-state index contributed by atoms with van der Waals surface area (Å²) in [6, 6.07) is 0.380. The van der Waals surface area contributed by atoms with Crippen molar-refractivity contribution in [2.75, 3.05) is 11.4 Å². The zero-order valence-electron chi connectivity index (χ0n) is 11.7. The molecule has 5 nitrogen and oxygen atoms in total. The van der Waals surface area contributed by atoms with Crippen molar-refractivity contribution in [3.8, 4) is 0 Å². The third kappa shape index (κ3) is 1.99. The molecule has 0 radical (unpaired) electrons. The van der Waals surface area contributed by atoms with Gasteiger partial charge in [-0.15, -0.1) is 0 Å². The van der Waals surface area contributed by atoms with Crippen LogP contribution in [0.25, 0.3) is 0 Å². The molecular weight excluding hydrogens is 238 g/mol. The Kier molecular flexibility index (Phi) is 2.97. The molecule has 100 valence electrons. The molecule has 0 N–H and O–H groups in total. The van der Waals surface area contributed by atoms with Crippen LogP contribution in [0.2, 0.25) is 0 Å². The molecule has 2 aromatic heterocycles. The Balaban J connectivity index is 2.00. The van der Waals surface area contributed by atoms with Crippen molar-refractivity contribution in [2.24, 2.45) is 7.05 Å². The highest BCUT2D eigenvalue weighted by Crippen LogP contribution is 2.37. The van der Waals surface area contributed by atoms with Crippen molar-refractivity contribution in [3.63, 3.8) is 0 Å². The number of anilines is 1. The van der Waals surface area contributed by atoms with Crippen LogP contribution >= 0.6 is 0 Å². The molecule has 5 heteroatoms. The van der Waals surface area contributed by atoms with Crippen LogP contribution in [0.1, 0.15) is 35.8 Å². The van der Waals surface area contributed by atoms with Crippen molar-refractivity contribution in [1.29, 1.82) is 0 Å². The minimum atomic E-state index is 0.380. The number of hydrogen-bond acceptors (Lipinski definition) is 4. The summed E-state index contributed by atoms with van der Waals surface area (Å²) in [6.45, 7) is 5.27. The van der Waals surface area contributed by atoms with Crippen molar-refractivity contribution in [1.82, 2.24) is 19.7 Å². The molecule has 0 aliphatic carbocycles. The maximum atomic E-state index is 4.54. The molecule has 19 heavy (non-hydrogen) atoms. The van der Waals surface area contributed by atoms with Gasteiger partial charge < -0.3 is 4.90 Å². The molecule has 1 unspecified atom stereocenters. The first-order valence-corrected chi connectivity index (χ1v) is 6.71. The molecule has 0 aromatic carbocycles. The van der Waals surface area contributed by atoms with Gasteiger partial charge >= 0.3 is 0 Å². The van der Waals surface area contributed by atoms with Crippen molar-refractivity contribution in [2.45, 2.75) is 32.7 Å². The zero-order valence-corrected chi connectivity index (χ0v) is 11.7. The van der Waals surface area contributed by atoms with E-state index in [1.54, 1.807) is 12.4 Å². The summed E-state index contributed by atoms with van der Waals surface area (Å²) in [7, 11) is 2.01. The largest absolute Gasteiger partial charge is 0.348 e. The smallest absolute Gasteiger partial charge is 0.147 e. The average molecular weight is 257 g/mol. The Labute approximate surface area is 113 Å². The third-order valence-corrected chi connectivity index (χ3v) is 3.99. The SMILES string of the molecule is Cc1nn(C)c(C)c1C1CCCN1c1cnccn1. The second-order valence-electron chi connectivity index (χ2n) is 5.12. The zero-order chi connectivity index (χ0) is 13.4. The average Bonchev–Trinajstić information content (AvgIpc) is 2.97. The third-order valence-electron chi connectivity index (χ3n) is 3.99. The van der Waals surface area contributed by atoms with Gasteiger partial charge in [0, 0.05) is 37.2 Å². The van der Waals surface area contributed by atoms with E-state index in [0.717, 1.165) is 24.5 Å². The first-order valence-electron chi connectivity index (χ1n) is 6.71. The summed E-state index contributed by atoms with van der Waals surface area (Å²) < 4.78 is 1.97. The molecule has 0 amide bonds. The van der Waals surface area contributed by atoms with Gasteiger partial charge in [-0.2, -0.15) is 5.10 Å². The standard InChI is InChI=1S/C14H19N5/c1-10-14(11(2)18(3)17-10)12-5-4-8-19(12)13-9-15-6-7-16-13/h6-7,9,12H,4-5,8H2,1-3H3. The van der Waals surface area contributed by atoms with E-state index in [1.807, 2.05) is 17.9 Å². The van der Waals surface area contributed by atoms with E-state index in [2.05, 4.69) is 33.8 Å². The normalized spacial score (nSPS) is 19.1. The van der Waals surface area contributed by atoms with Gasteiger partial charge in [-0.3, -0.25) is 9.67 Å². The van der Waals surface area contributed by atoms with Gasteiger partial charge in [-0.05, 0) is 26.7 Å². The fourth-order valence-electron chi connectivity index (χ4n) is 3.05. The molecule has 0 spiro atoms. The number of aryl methyl sites for hydroxylation is 2. The maximum absolute atomic E-state index is 4.54. The van der Waals surface area contributed by atoms with Crippen molar-refractivity contribution < 1.29 is 0 Å². The van der Waals surface area contributed by atoms with Gasteiger partial charge in [-0.1, -0.05) is 0 Å². The minimum absolute atomic E-state index is 0.380. The Morgan fingerprint density at radius 1 is 1.26 bits per heavy atom. The van der Waals surface area contributed by atoms with Crippen LogP contribution in [-0.2, 0) is 7.05 Å². The fourth-order valence-corrected chi connectivity index (χ4v) is 3.05. The van der Waals surface area contributed by atoms with E-state index in [4.69, 9.17) is 0 Å². The molecule has 1 aliphatic rings. The van der Waals surface area contributed by atoms with E-state index < -0.39 is 0 Å². The van der Waals surface area contributed by atoms with Gasteiger partial charge in [0.15, 0.2) is 0 Å². The maximum Gasteiger partial charge on any atom is 0.147 e. The van der Waals surface area contributed by atoms with Gasteiger partial charge in [0.05, 0.1) is 17.9 Å². The fraction of sp³-hybridized carbons (Fsp3) is 0.500. The molecule has 3 rings (SSSR count). The van der Waals surface area contributed by atoms with Crippen molar-refractivity contribution in [3.05, 3.63) is 35.5 Å². The van der Waals surface area contributed by atoms with Crippen LogP contribution in [0.5, 0.6) is 0 Å². The lowest BCUT2D eigenvalue weighted by Gasteiger charge is -2.25. The predicted octanol–water partition coefficient (Wildman–Crippen LogP) is 2.17. The molecule has 1 saturated heterocycles. The molecule has 2 aromatic rings. The van der Waals surface area contributed by atoms with Gasteiger partial charge in [0.1, 0.15) is 5.82 Å². The predicted molar refractivity (Wildman–Crippen MR) is 74.0 cm³/mol. The Bertz CT molecular complexity index is 575. The van der Waals surface area contributed by atoms with Crippen LogP contribution in [0.4, 0.5) is 5.82 Å². The Hall–Kier alpha value is -1.91. The Morgan fingerprint density at radius 3 is 2.74 bits per heavy atom. The van der Waals surface area contributed by atoms with Crippen LogP contribution in [0.3, 0.4) is 0 Å². The summed E-state index contributed by atoms with van der Waals surface area (Å²) in [4.78, 5) is 11.0. The van der Waals surface area contributed by atoms with Gasteiger partial charge in [0.25, 0.3) is 0 Å². The molecular formula is C14H19N5. The summed E-state index contributed by atoms with van der Waals surface area (Å²) in [5, 5.41) is 4.54. The first kappa shape index (κ1) is 12.1. The van der Waals surface area contributed by atoms with Crippen LogP contribution in [0.15, 0.2) is 18.6 Å². The monoisotopic (exact) mass is 257 g/mol. The molecule has 1 aliphatic heterocycles. The van der Waals surface area contributed by atoms with Crippen LogP contribution in [-0.4, -0.2) is 26.3 Å². The topological polar surface area (TPSA) is 46.8 Å². The number of hydrogen-bond donors (Lipinski definition) is 0. The summed E-state index contributed by atoms with van der Waals surface area (Å²) in [6.07, 6.45) is 7.67. The second-order valence-corrected chi connectivity index (χ2v) is 5.12. The summed E-state index contributed by atoms with van der Waals surface area (Å²) in [5.41, 5.74) is 3.73.